The molecule has 4 fully saturated rings. The van der Waals surface area contributed by atoms with Gasteiger partial charge in [-0.05, 0) is 143 Å². The van der Waals surface area contributed by atoms with Gasteiger partial charge in [0, 0.05) is 20.5 Å². The highest BCUT2D eigenvalue weighted by molar-refractivity contribution is 5.66. The number of hydrogen-bond acceptors (Lipinski definition) is 7. The van der Waals surface area contributed by atoms with Crippen molar-refractivity contribution in [3.8, 4) is 0 Å². The molecule has 0 amide bonds. The third kappa shape index (κ3) is 7.62. The van der Waals surface area contributed by atoms with Gasteiger partial charge in [0.1, 0.15) is 18.8 Å². The first-order valence-corrected chi connectivity index (χ1v) is 18.8. The van der Waals surface area contributed by atoms with Crippen LogP contribution in [-0.4, -0.2) is 55.9 Å². The maximum atomic E-state index is 11.6. The van der Waals surface area contributed by atoms with Crippen LogP contribution in [0.3, 0.4) is 0 Å². The predicted molar refractivity (Wildman–Crippen MR) is 181 cm³/mol. The average Bonchev–Trinajstić information content (AvgIpc) is 3.37. The lowest BCUT2D eigenvalue weighted by atomic mass is 9.47. The number of fused-ring (bicyclic) bond motifs is 5. The van der Waals surface area contributed by atoms with Gasteiger partial charge in [0.2, 0.25) is 0 Å². The second-order valence-corrected chi connectivity index (χ2v) is 16.1. The summed E-state index contributed by atoms with van der Waals surface area (Å²) in [5.41, 5.74) is 3.90. The number of ether oxygens (including phenoxy) is 5. The number of unbranched alkanes of at least 4 members (excludes halogenated alkanes) is 2. The van der Waals surface area contributed by atoms with Crippen molar-refractivity contribution in [2.45, 2.75) is 155 Å². The van der Waals surface area contributed by atoms with E-state index in [0.29, 0.717) is 11.5 Å². The number of carbonyl (C=O) groups is 2. The summed E-state index contributed by atoms with van der Waals surface area (Å²) < 4.78 is 29.2. The predicted octanol–water partition coefficient (Wildman–Crippen LogP) is 8.41. The van der Waals surface area contributed by atoms with Gasteiger partial charge in [0.25, 0.3) is 0 Å². The Morgan fingerprint density at radius 2 is 1.77 bits per heavy atom. The zero-order chi connectivity index (χ0) is 33.2. The average molecular weight is 653 g/mol. The molecular formula is C40H60O7. The second-order valence-electron chi connectivity index (χ2n) is 16.1. The van der Waals surface area contributed by atoms with Crippen LogP contribution in [0.4, 0.5) is 0 Å². The lowest BCUT2D eigenvalue weighted by molar-refractivity contribution is -0.213. The van der Waals surface area contributed by atoms with Crippen molar-refractivity contribution in [1.29, 1.82) is 0 Å². The number of hydrogen-bond donors (Lipinski definition) is 0. The fourth-order valence-corrected chi connectivity index (χ4v) is 10.5. The molecule has 0 radical (unpaired) electrons. The van der Waals surface area contributed by atoms with Gasteiger partial charge in [-0.15, -0.1) is 0 Å². The van der Waals surface area contributed by atoms with Gasteiger partial charge in [-0.2, -0.15) is 0 Å². The number of allylic oxidation sites excluding steroid dienone is 3. The minimum atomic E-state index is -0.604. The Balaban J connectivity index is 1.04. The molecule has 10 atom stereocenters. The summed E-state index contributed by atoms with van der Waals surface area (Å²) in [4.78, 5) is 23.1. The summed E-state index contributed by atoms with van der Waals surface area (Å²) in [6, 6.07) is 0. The molecule has 0 spiro atoms. The molecule has 4 saturated carbocycles. The highest BCUT2D eigenvalue weighted by Crippen LogP contribution is 2.67. The first-order chi connectivity index (χ1) is 22.6. The zero-order valence-electron chi connectivity index (χ0n) is 29.7. The molecule has 1 heterocycles. The van der Waals surface area contributed by atoms with Crippen molar-refractivity contribution in [1.82, 2.24) is 0 Å². The van der Waals surface area contributed by atoms with E-state index in [-0.39, 0.29) is 18.1 Å². The number of esters is 2. The third-order valence-corrected chi connectivity index (χ3v) is 13.3. The zero-order valence-corrected chi connectivity index (χ0v) is 29.7. The van der Waals surface area contributed by atoms with E-state index in [1.807, 2.05) is 6.08 Å². The molecule has 47 heavy (non-hydrogen) atoms. The Morgan fingerprint density at radius 3 is 2.51 bits per heavy atom. The molecule has 0 bridgehead atoms. The summed E-state index contributed by atoms with van der Waals surface area (Å²) >= 11 is 0. The lowest BCUT2D eigenvalue weighted by Gasteiger charge is -2.58. The summed E-state index contributed by atoms with van der Waals surface area (Å²) in [5, 5.41) is 0. The van der Waals surface area contributed by atoms with Gasteiger partial charge in [0.15, 0.2) is 6.29 Å². The van der Waals surface area contributed by atoms with E-state index in [1.165, 1.54) is 84.5 Å². The fourth-order valence-electron chi connectivity index (χ4n) is 10.5. The Labute approximate surface area is 283 Å². The van der Waals surface area contributed by atoms with Crippen molar-refractivity contribution in [2.24, 2.45) is 34.5 Å². The van der Waals surface area contributed by atoms with Crippen LogP contribution < -0.4 is 0 Å². The van der Waals surface area contributed by atoms with Crippen LogP contribution in [0.5, 0.6) is 0 Å². The van der Waals surface area contributed by atoms with Crippen molar-refractivity contribution in [3.63, 3.8) is 0 Å². The van der Waals surface area contributed by atoms with Crippen molar-refractivity contribution >= 4 is 11.9 Å². The van der Waals surface area contributed by atoms with E-state index < -0.39 is 30.4 Å². The Hall–Kier alpha value is -1.96. The summed E-state index contributed by atoms with van der Waals surface area (Å²) in [7, 11) is 0. The summed E-state index contributed by atoms with van der Waals surface area (Å²) in [5.74, 6) is 2.29. The van der Waals surface area contributed by atoms with E-state index in [9.17, 15) is 9.59 Å². The van der Waals surface area contributed by atoms with E-state index in [2.05, 4.69) is 32.9 Å². The van der Waals surface area contributed by atoms with Gasteiger partial charge in [-0.1, -0.05) is 37.1 Å². The number of rotatable bonds is 12. The molecule has 0 saturated heterocycles. The molecule has 7 heteroatoms. The van der Waals surface area contributed by atoms with E-state index in [0.717, 1.165) is 49.5 Å². The molecule has 0 N–H and O–H groups in total. The molecule has 0 aromatic heterocycles. The van der Waals surface area contributed by atoms with Gasteiger partial charge < -0.3 is 23.7 Å². The van der Waals surface area contributed by atoms with Crippen LogP contribution >= 0.6 is 0 Å². The van der Waals surface area contributed by atoms with Crippen LogP contribution in [0.15, 0.2) is 35.5 Å². The van der Waals surface area contributed by atoms with Crippen LogP contribution in [0.25, 0.3) is 0 Å². The maximum absolute atomic E-state index is 11.6. The topological polar surface area (TPSA) is 80.3 Å². The van der Waals surface area contributed by atoms with Crippen molar-refractivity contribution in [2.75, 3.05) is 13.2 Å². The van der Waals surface area contributed by atoms with Gasteiger partial charge in [0.05, 0.1) is 12.2 Å². The summed E-state index contributed by atoms with van der Waals surface area (Å²) in [6.45, 7) is 11.3. The molecule has 6 rings (SSSR count). The van der Waals surface area contributed by atoms with Crippen molar-refractivity contribution < 1.29 is 33.3 Å². The van der Waals surface area contributed by atoms with Crippen LogP contribution in [0, 0.1) is 34.5 Å². The number of carbonyl (C=O) groups excluding carboxylic acids is 2. The molecule has 0 aromatic rings. The maximum Gasteiger partial charge on any atom is 0.303 e. The van der Waals surface area contributed by atoms with E-state index in [1.54, 1.807) is 17.2 Å². The molecule has 0 aromatic carbocycles. The first kappa shape index (κ1) is 34.9. The quantitative estimate of drug-likeness (QED) is 0.119. The molecule has 1 aliphatic heterocycles. The SMILES string of the molecule is CC(=O)OC[C@H]1OC(O[C@H]2CC[C@@]3(C)C(=CC[C@H]4[C@@H]5CC[C@H](/C(C)=C/CCCCOC6CCC6)[C@@]5(C)CC[C@@H]43)C2)C=C[C@@H]1OC(C)=O. The van der Waals surface area contributed by atoms with Crippen LogP contribution in [0.2, 0.25) is 0 Å². The molecule has 1 unspecified atom stereocenters. The molecule has 7 nitrogen and oxygen atoms in total. The molecular weight excluding hydrogens is 592 g/mol. The monoisotopic (exact) mass is 652 g/mol. The normalized spacial score (nSPS) is 40.0. The molecule has 6 aliphatic rings. The van der Waals surface area contributed by atoms with E-state index >= 15 is 0 Å². The highest BCUT2D eigenvalue weighted by Gasteiger charge is 2.58. The summed E-state index contributed by atoms with van der Waals surface area (Å²) in [6.07, 6.45) is 24.9. The van der Waals surface area contributed by atoms with E-state index in [4.69, 9.17) is 23.7 Å². The highest BCUT2D eigenvalue weighted by atomic mass is 16.7. The standard InChI is InChI=1S/C40H60O7/c1-26(10-7-6-8-23-43-30-11-9-12-30)33-15-16-34-32-14-13-29-24-31(19-21-39(29,4)35(32)20-22-40(33,34)5)46-38-18-17-36(45-28(3)42)37(47-38)25-44-27(2)41/h10,13,17-18,30-38H,6-9,11-12,14-16,19-25H2,1-5H3/b26-10+/t31-,32-,33+,34-,35-,36-,37+,38?,39-,40+/m0/s1. The van der Waals surface area contributed by atoms with Crippen LogP contribution in [0.1, 0.15) is 125 Å². The van der Waals surface area contributed by atoms with Gasteiger partial charge >= 0.3 is 11.9 Å². The minimum absolute atomic E-state index is 0.0144. The van der Waals surface area contributed by atoms with Gasteiger partial charge in [-0.25, -0.2) is 0 Å². The first-order valence-electron chi connectivity index (χ1n) is 18.8. The molecule has 5 aliphatic carbocycles. The fraction of sp³-hybridized carbons (Fsp3) is 0.800. The third-order valence-electron chi connectivity index (χ3n) is 13.3. The smallest absolute Gasteiger partial charge is 0.303 e. The Kier molecular flexibility index (Phi) is 11.0. The lowest BCUT2D eigenvalue weighted by Crippen LogP contribution is -2.51. The second kappa shape index (κ2) is 14.9. The minimum Gasteiger partial charge on any atom is -0.463 e. The Bertz CT molecular complexity index is 1220. The van der Waals surface area contributed by atoms with Gasteiger partial charge in [-0.3, -0.25) is 9.59 Å². The van der Waals surface area contributed by atoms with Crippen LogP contribution in [-0.2, 0) is 33.3 Å². The molecule has 262 valence electrons. The Morgan fingerprint density at radius 1 is 0.936 bits per heavy atom. The van der Waals surface area contributed by atoms with Crippen molar-refractivity contribution in [3.05, 3.63) is 35.5 Å². The largest absolute Gasteiger partial charge is 0.463 e.